The summed E-state index contributed by atoms with van der Waals surface area (Å²) in [4.78, 5) is 31.5. The molecular weight excluding hydrogens is 516 g/mol. The van der Waals surface area contributed by atoms with E-state index in [4.69, 9.17) is 9.47 Å². The molecule has 3 heterocycles. The Labute approximate surface area is 229 Å². The molecule has 0 radical (unpaired) electrons. The number of Topliss-reactive ketones (excluding diaryl/α,β-unsaturated/α-hetero) is 1. The Balaban J connectivity index is 1.50. The van der Waals surface area contributed by atoms with Gasteiger partial charge in [0.05, 0.1) is 30.5 Å². The Morgan fingerprint density at radius 1 is 0.921 bits per heavy atom. The molecule has 0 fully saturated rings. The maximum absolute atomic E-state index is 14.1. The highest BCUT2D eigenvalue weighted by molar-refractivity contribution is 7.12. The molecule has 0 spiro atoms. The zero-order valence-corrected chi connectivity index (χ0v) is 22.6. The molecule has 192 valence electrons. The SMILES string of the molecule is COc1ccc([C@@H]2CC(=O)C3=C(C2)Nc2ccccc2N(C(=O)c2cccs2)[C@@H]3c2cccs2)cc1OC. The lowest BCUT2D eigenvalue weighted by molar-refractivity contribution is -0.116. The molecular formula is C30H26N2O4S2. The Bertz CT molecular complexity index is 1530. The second kappa shape index (κ2) is 10.1. The summed E-state index contributed by atoms with van der Waals surface area (Å²) in [5.41, 5.74) is 4.10. The van der Waals surface area contributed by atoms with E-state index in [1.807, 2.05) is 77.5 Å². The van der Waals surface area contributed by atoms with Crippen LogP contribution >= 0.6 is 22.7 Å². The Hall–Kier alpha value is -3.88. The molecule has 2 atom stereocenters. The minimum Gasteiger partial charge on any atom is -0.493 e. The Morgan fingerprint density at radius 2 is 1.71 bits per heavy atom. The van der Waals surface area contributed by atoms with Gasteiger partial charge in [-0.1, -0.05) is 30.3 Å². The molecule has 1 N–H and O–H groups in total. The lowest BCUT2D eigenvalue weighted by Crippen LogP contribution is -2.37. The molecule has 1 aliphatic carbocycles. The Morgan fingerprint density at radius 3 is 2.45 bits per heavy atom. The highest BCUT2D eigenvalue weighted by atomic mass is 32.1. The van der Waals surface area contributed by atoms with Crippen molar-refractivity contribution in [1.82, 2.24) is 0 Å². The van der Waals surface area contributed by atoms with Crippen molar-refractivity contribution in [1.29, 1.82) is 0 Å². The highest BCUT2D eigenvalue weighted by Crippen LogP contribution is 2.49. The third kappa shape index (κ3) is 4.19. The van der Waals surface area contributed by atoms with Crippen LogP contribution in [0.1, 0.15) is 44.9 Å². The normalized spacial score (nSPS) is 18.8. The van der Waals surface area contributed by atoms with Crippen molar-refractivity contribution in [2.75, 3.05) is 24.4 Å². The van der Waals surface area contributed by atoms with Crippen LogP contribution in [0.25, 0.3) is 0 Å². The van der Waals surface area contributed by atoms with E-state index < -0.39 is 6.04 Å². The zero-order valence-electron chi connectivity index (χ0n) is 21.0. The van der Waals surface area contributed by atoms with Crippen LogP contribution in [0.5, 0.6) is 11.5 Å². The first kappa shape index (κ1) is 24.5. The Kier molecular flexibility index (Phi) is 6.51. The van der Waals surface area contributed by atoms with Gasteiger partial charge in [0.1, 0.15) is 6.04 Å². The number of hydrogen-bond donors (Lipinski definition) is 1. The van der Waals surface area contributed by atoms with Crippen LogP contribution < -0.4 is 19.7 Å². The van der Waals surface area contributed by atoms with Crippen LogP contribution in [-0.4, -0.2) is 25.9 Å². The van der Waals surface area contributed by atoms with Gasteiger partial charge in [-0.2, -0.15) is 0 Å². The number of thiophene rings is 2. The van der Waals surface area contributed by atoms with Gasteiger partial charge in [-0.25, -0.2) is 0 Å². The van der Waals surface area contributed by atoms with Crippen LogP contribution in [0.15, 0.2) is 88.8 Å². The first-order valence-electron chi connectivity index (χ1n) is 12.3. The number of fused-ring (bicyclic) bond motifs is 1. The number of ether oxygens (including phenoxy) is 2. The van der Waals surface area contributed by atoms with E-state index in [9.17, 15) is 9.59 Å². The molecule has 0 unspecified atom stereocenters. The maximum atomic E-state index is 14.1. The van der Waals surface area contributed by atoms with Crippen molar-refractivity contribution in [3.63, 3.8) is 0 Å². The molecule has 1 aliphatic heterocycles. The van der Waals surface area contributed by atoms with Crippen LogP contribution in [0.3, 0.4) is 0 Å². The van der Waals surface area contributed by atoms with E-state index in [0.29, 0.717) is 34.8 Å². The second-order valence-corrected chi connectivity index (χ2v) is 11.2. The molecule has 0 saturated heterocycles. The van der Waals surface area contributed by atoms with Crippen molar-refractivity contribution in [2.45, 2.75) is 24.8 Å². The number of rotatable bonds is 5. The topological polar surface area (TPSA) is 67.9 Å². The number of carbonyl (C=O) groups is 2. The van der Waals surface area contributed by atoms with Crippen molar-refractivity contribution in [3.8, 4) is 11.5 Å². The van der Waals surface area contributed by atoms with E-state index >= 15 is 0 Å². The summed E-state index contributed by atoms with van der Waals surface area (Å²) in [5, 5.41) is 7.48. The summed E-state index contributed by atoms with van der Waals surface area (Å²) in [6, 6.07) is 20.8. The lowest BCUT2D eigenvalue weighted by Gasteiger charge is -2.34. The summed E-state index contributed by atoms with van der Waals surface area (Å²) in [6.45, 7) is 0. The average molecular weight is 543 g/mol. The summed E-state index contributed by atoms with van der Waals surface area (Å²) in [6.07, 6.45) is 0.975. The average Bonchev–Trinajstić information content (AvgIpc) is 3.65. The third-order valence-corrected chi connectivity index (χ3v) is 8.91. The number of ketones is 1. The largest absolute Gasteiger partial charge is 0.493 e. The number of allylic oxidation sites excluding steroid dienone is 1. The van der Waals surface area contributed by atoms with Gasteiger partial charge in [-0.15, -0.1) is 22.7 Å². The van der Waals surface area contributed by atoms with E-state index in [2.05, 4.69) is 5.32 Å². The van der Waals surface area contributed by atoms with Gasteiger partial charge in [0.15, 0.2) is 17.3 Å². The number of methoxy groups -OCH3 is 2. The minimum absolute atomic E-state index is 0.0359. The molecule has 2 aliphatic rings. The standard InChI is InChI=1S/C30H26N2O4S2/c1-35-24-12-11-18(17-25(24)36-2)19-15-21-28(23(33)16-19)29(26-9-5-13-37-26)32(30(34)27-10-6-14-38-27)22-8-4-3-7-20(22)31-21/h3-14,17,19,29,31H,15-16H2,1-2H3/t19-,29+/m0/s1. The number of benzene rings is 2. The molecule has 1 amide bonds. The van der Waals surface area contributed by atoms with Gasteiger partial charge in [-0.05, 0) is 65.1 Å². The molecule has 2 aromatic heterocycles. The monoisotopic (exact) mass is 542 g/mol. The molecule has 4 aromatic rings. The lowest BCUT2D eigenvalue weighted by atomic mass is 9.79. The molecule has 8 heteroatoms. The summed E-state index contributed by atoms with van der Waals surface area (Å²) in [7, 11) is 3.22. The summed E-state index contributed by atoms with van der Waals surface area (Å²) >= 11 is 2.97. The smallest absolute Gasteiger partial charge is 0.269 e. The van der Waals surface area contributed by atoms with E-state index in [0.717, 1.165) is 27.5 Å². The van der Waals surface area contributed by atoms with Crippen LogP contribution in [0, 0.1) is 0 Å². The molecule has 38 heavy (non-hydrogen) atoms. The second-order valence-electron chi connectivity index (χ2n) is 9.25. The van der Waals surface area contributed by atoms with Crippen molar-refractivity contribution in [2.24, 2.45) is 0 Å². The molecule has 6 rings (SSSR count). The summed E-state index contributed by atoms with van der Waals surface area (Å²) < 4.78 is 10.9. The molecule has 2 aromatic carbocycles. The molecule has 0 bridgehead atoms. The van der Waals surface area contributed by atoms with Gasteiger partial charge in [0.25, 0.3) is 5.91 Å². The summed E-state index contributed by atoms with van der Waals surface area (Å²) in [5.74, 6) is 1.18. The van der Waals surface area contributed by atoms with Gasteiger partial charge in [-0.3, -0.25) is 14.5 Å². The van der Waals surface area contributed by atoms with Crippen LogP contribution in [-0.2, 0) is 4.79 Å². The van der Waals surface area contributed by atoms with Gasteiger partial charge >= 0.3 is 0 Å². The number of nitrogens with zero attached hydrogens (tertiary/aromatic N) is 1. The number of para-hydroxylation sites is 2. The quantitative estimate of drug-likeness (QED) is 0.293. The van der Waals surface area contributed by atoms with Gasteiger partial charge in [0.2, 0.25) is 0 Å². The van der Waals surface area contributed by atoms with E-state index in [-0.39, 0.29) is 17.6 Å². The minimum atomic E-state index is -0.519. The fraction of sp³-hybridized carbons (Fsp3) is 0.200. The third-order valence-electron chi connectivity index (χ3n) is 7.13. The van der Waals surface area contributed by atoms with Gasteiger partial charge < -0.3 is 14.8 Å². The number of nitrogens with one attached hydrogen (secondary N) is 1. The van der Waals surface area contributed by atoms with Gasteiger partial charge in [0, 0.05) is 22.6 Å². The maximum Gasteiger partial charge on any atom is 0.269 e. The van der Waals surface area contributed by atoms with Crippen LogP contribution in [0.2, 0.25) is 0 Å². The fourth-order valence-electron chi connectivity index (χ4n) is 5.39. The number of carbonyl (C=O) groups excluding carboxylic acids is 2. The van der Waals surface area contributed by atoms with E-state index in [1.54, 1.807) is 30.5 Å². The molecule has 6 nitrogen and oxygen atoms in total. The molecule has 0 saturated carbocycles. The highest BCUT2D eigenvalue weighted by Gasteiger charge is 2.42. The first-order valence-corrected chi connectivity index (χ1v) is 14.1. The van der Waals surface area contributed by atoms with Crippen molar-refractivity contribution < 1.29 is 19.1 Å². The predicted octanol–water partition coefficient (Wildman–Crippen LogP) is 7.04. The fourth-order valence-corrected chi connectivity index (χ4v) is 6.87. The first-order chi connectivity index (χ1) is 18.6. The predicted molar refractivity (Wildman–Crippen MR) is 152 cm³/mol. The zero-order chi connectivity index (χ0) is 26.2. The number of amides is 1. The number of hydrogen-bond acceptors (Lipinski definition) is 7. The van der Waals surface area contributed by atoms with Crippen molar-refractivity contribution in [3.05, 3.63) is 104 Å². The van der Waals surface area contributed by atoms with E-state index in [1.165, 1.54) is 11.3 Å². The van der Waals surface area contributed by atoms with Crippen molar-refractivity contribution >= 4 is 45.7 Å². The number of anilines is 2. The van der Waals surface area contributed by atoms with Crippen LogP contribution in [0.4, 0.5) is 11.4 Å².